The number of allylic oxidation sites excluding steroid dienone is 1. The largest absolute Gasteiger partial charge is 0.362 e. The normalized spacial score (nSPS) is 10.7. The highest BCUT2D eigenvalue weighted by Crippen LogP contribution is 2.12. The van der Waals surface area contributed by atoms with Gasteiger partial charge in [-0.05, 0) is 62.2 Å². The molecule has 0 unspecified atom stereocenters. The maximum atomic E-state index is 12.1. The summed E-state index contributed by atoms with van der Waals surface area (Å²) in [5.41, 5.74) is 4.44. The first-order chi connectivity index (χ1) is 10.5. The molecule has 22 heavy (non-hydrogen) atoms. The third-order valence-corrected chi connectivity index (χ3v) is 3.57. The molecule has 0 aliphatic rings. The Kier molecular flexibility index (Phi) is 4.89. The van der Waals surface area contributed by atoms with Crippen LogP contribution in [0.5, 0.6) is 0 Å². The van der Waals surface area contributed by atoms with Crippen molar-refractivity contribution in [3.8, 4) is 0 Å². The van der Waals surface area contributed by atoms with Crippen LogP contribution in [0.3, 0.4) is 0 Å². The average molecular weight is 293 g/mol. The van der Waals surface area contributed by atoms with Crippen LogP contribution in [0.15, 0.2) is 54.7 Å². The summed E-state index contributed by atoms with van der Waals surface area (Å²) in [4.78, 5) is 23.3. The minimum Gasteiger partial charge on any atom is -0.362 e. The summed E-state index contributed by atoms with van der Waals surface area (Å²) in [6, 6.07) is 12.8. The molecule has 0 heterocycles. The molecular formula is C19H19NO2. The van der Waals surface area contributed by atoms with Crippen molar-refractivity contribution in [2.45, 2.75) is 20.8 Å². The maximum absolute atomic E-state index is 12.1. The van der Waals surface area contributed by atoms with Crippen LogP contribution in [0.25, 0.3) is 0 Å². The van der Waals surface area contributed by atoms with Crippen LogP contribution in [-0.4, -0.2) is 11.6 Å². The predicted molar refractivity (Wildman–Crippen MR) is 89.5 cm³/mol. The van der Waals surface area contributed by atoms with Crippen molar-refractivity contribution in [1.29, 1.82) is 0 Å². The van der Waals surface area contributed by atoms with E-state index < -0.39 is 0 Å². The molecule has 0 amide bonds. The molecule has 2 rings (SSSR count). The van der Waals surface area contributed by atoms with Gasteiger partial charge in [-0.1, -0.05) is 12.1 Å². The maximum Gasteiger partial charge on any atom is 0.187 e. The summed E-state index contributed by atoms with van der Waals surface area (Å²) in [5, 5.41) is 3.02. The summed E-state index contributed by atoms with van der Waals surface area (Å²) in [7, 11) is 0. The fourth-order valence-electron chi connectivity index (χ4n) is 2.01. The highest BCUT2D eigenvalue weighted by molar-refractivity contribution is 6.04. The first-order valence-electron chi connectivity index (χ1n) is 7.13. The topological polar surface area (TPSA) is 46.2 Å². The molecule has 0 bridgehead atoms. The fourth-order valence-corrected chi connectivity index (χ4v) is 2.01. The Morgan fingerprint density at radius 1 is 0.909 bits per heavy atom. The molecule has 0 atom stereocenters. The molecule has 0 saturated carbocycles. The highest BCUT2D eigenvalue weighted by Gasteiger charge is 2.03. The van der Waals surface area contributed by atoms with Crippen molar-refractivity contribution in [3.63, 3.8) is 0 Å². The van der Waals surface area contributed by atoms with Gasteiger partial charge in [0.25, 0.3) is 0 Å². The van der Waals surface area contributed by atoms with Crippen LogP contribution >= 0.6 is 0 Å². The third kappa shape index (κ3) is 3.92. The number of anilines is 1. The van der Waals surface area contributed by atoms with Gasteiger partial charge in [0.2, 0.25) is 0 Å². The summed E-state index contributed by atoms with van der Waals surface area (Å²) in [6.07, 6.45) is 3.11. The molecule has 0 aliphatic heterocycles. The molecule has 3 nitrogen and oxygen atoms in total. The quantitative estimate of drug-likeness (QED) is 0.660. The van der Waals surface area contributed by atoms with Crippen molar-refractivity contribution >= 4 is 17.3 Å². The molecule has 0 aromatic heterocycles. The summed E-state index contributed by atoms with van der Waals surface area (Å²) in [6.45, 7) is 5.54. The Bertz CT molecular complexity index is 728. The minimum atomic E-state index is -0.0454. The lowest BCUT2D eigenvalue weighted by Crippen LogP contribution is -1.98. The van der Waals surface area contributed by atoms with Gasteiger partial charge in [-0.3, -0.25) is 9.59 Å². The van der Waals surface area contributed by atoms with Crippen LogP contribution in [0.2, 0.25) is 0 Å². The summed E-state index contributed by atoms with van der Waals surface area (Å²) < 4.78 is 0. The number of hydrogen-bond donors (Lipinski definition) is 1. The lowest BCUT2D eigenvalue weighted by atomic mass is 10.0. The van der Waals surface area contributed by atoms with Crippen molar-refractivity contribution in [2.75, 3.05) is 5.32 Å². The molecule has 0 aliphatic carbocycles. The van der Waals surface area contributed by atoms with Crippen molar-refractivity contribution in [1.82, 2.24) is 0 Å². The van der Waals surface area contributed by atoms with E-state index in [-0.39, 0.29) is 11.6 Å². The fraction of sp³-hybridized carbons (Fsp3) is 0.158. The molecule has 0 spiro atoms. The summed E-state index contributed by atoms with van der Waals surface area (Å²) in [5.74, 6) is -0.0111. The van der Waals surface area contributed by atoms with Crippen molar-refractivity contribution < 1.29 is 9.59 Å². The molecule has 0 radical (unpaired) electrons. The zero-order chi connectivity index (χ0) is 16.1. The van der Waals surface area contributed by atoms with E-state index in [9.17, 15) is 9.59 Å². The van der Waals surface area contributed by atoms with Gasteiger partial charge < -0.3 is 5.32 Å². The van der Waals surface area contributed by atoms with E-state index in [1.165, 1.54) is 18.6 Å². The van der Waals surface area contributed by atoms with Gasteiger partial charge in [-0.25, -0.2) is 0 Å². The Balaban J connectivity index is 2.00. The zero-order valence-corrected chi connectivity index (χ0v) is 13.0. The van der Waals surface area contributed by atoms with Crippen LogP contribution < -0.4 is 5.32 Å². The molecule has 112 valence electrons. The first-order valence-corrected chi connectivity index (χ1v) is 7.13. The van der Waals surface area contributed by atoms with Crippen LogP contribution in [-0.2, 0) is 0 Å². The van der Waals surface area contributed by atoms with E-state index in [4.69, 9.17) is 0 Å². The van der Waals surface area contributed by atoms with Crippen LogP contribution in [0, 0.1) is 13.8 Å². The number of rotatable bonds is 5. The molecule has 2 aromatic carbocycles. The Morgan fingerprint density at radius 3 is 2.14 bits per heavy atom. The van der Waals surface area contributed by atoms with Crippen molar-refractivity contribution in [3.05, 3.63) is 77.0 Å². The van der Waals surface area contributed by atoms with E-state index in [1.807, 2.05) is 44.2 Å². The van der Waals surface area contributed by atoms with E-state index in [2.05, 4.69) is 5.32 Å². The zero-order valence-electron chi connectivity index (χ0n) is 13.0. The Labute approximate surface area is 130 Å². The third-order valence-electron chi connectivity index (χ3n) is 3.57. The number of aryl methyl sites for hydroxylation is 2. The number of Topliss-reactive ketones (excluding diaryl/α,β-unsaturated/α-hetero) is 1. The lowest BCUT2D eigenvalue weighted by Gasteiger charge is -2.03. The molecule has 1 N–H and O–H groups in total. The molecule has 0 fully saturated rings. The molecule has 0 saturated heterocycles. The van der Waals surface area contributed by atoms with Gasteiger partial charge in [0.1, 0.15) is 0 Å². The second-order valence-electron chi connectivity index (χ2n) is 5.27. The molecule has 2 aromatic rings. The standard InChI is InChI=1S/C19H19NO2/c1-13-4-5-17(12-14(13)2)19(22)10-11-20-18-8-6-16(7-9-18)15(3)21/h4-12,20H,1-3H3. The number of carbonyl (C=O) groups is 2. The van der Waals surface area contributed by atoms with Crippen LogP contribution in [0.4, 0.5) is 5.69 Å². The van der Waals surface area contributed by atoms with Crippen LogP contribution in [0.1, 0.15) is 38.8 Å². The van der Waals surface area contributed by atoms with Gasteiger partial charge in [0, 0.05) is 29.1 Å². The Morgan fingerprint density at radius 2 is 1.55 bits per heavy atom. The number of carbonyl (C=O) groups excluding carboxylic acids is 2. The minimum absolute atomic E-state index is 0.0343. The van der Waals surface area contributed by atoms with E-state index in [0.29, 0.717) is 11.1 Å². The predicted octanol–water partition coefficient (Wildman–Crippen LogP) is 4.31. The van der Waals surface area contributed by atoms with E-state index >= 15 is 0 Å². The first kappa shape index (κ1) is 15.7. The smallest absolute Gasteiger partial charge is 0.187 e. The molecule has 3 heteroatoms. The Hall–Kier alpha value is -2.68. The van der Waals surface area contributed by atoms with Gasteiger partial charge in [-0.15, -0.1) is 0 Å². The number of nitrogens with one attached hydrogen (secondary N) is 1. The second kappa shape index (κ2) is 6.85. The monoisotopic (exact) mass is 293 g/mol. The number of hydrogen-bond acceptors (Lipinski definition) is 3. The van der Waals surface area contributed by atoms with Gasteiger partial charge in [0.15, 0.2) is 11.6 Å². The number of benzene rings is 2. The summed E-state index contributed by atoms with van der Waals surface area (Å²) >= 11 is 0. The SMILES string of the molecule is CC(=O)c1ccc(NC=CC(=O)c2ccc(C)c(C)c2)cc1. The second-order valence-corrected chi connectivity index (χ2v) is 5.27. The highest BCUT2D eigenvalue weighted by atomic mass is 16.1. The van der Waals surface area contributed by atoms with Crippen molar-refractivity contribution in [2.24, 2.45) is 0 Å². The van der Waals surface area contributed by atoms with Gasteiger partial charge in [0.05, 0.1) is 0 Å². The lowest BCUT2D eigenvalue weighted by molar-refractivity contribution is 0.101. The average Bonchev–Trinajstić information content (AvgIpc) is 2.50. The molecular weight excluding hydrogens is 274 g/mol. The van der Waals surface area contributed by atoms with Gasteiger partial charge >= 0.3 is 0 Å². The van der Waals surface area contributed by atoms with Gasteiger partial charge in [-0.2, -0.15) is 0 Å². The van der Waals surface area contributed by atoms with E-state index in [1.54, 1.807) is 18.3 Å². The number of ketones is 2. The van der Waals surface area contributed by atoms with E-state index in [0.717, 1.165) is 11.3 Å².